The second-order valence-electron chi connectivity index (χ2n) is 6.26. The number of imide groups is 1. The van der Waals surface area contributed by atoms with E-state index in [0.717, 1.165) is 9.47 Å². The largest absolute Gasteiger partial charge is 0.869 e. The van der Waals surface area contributed by atoms with Crippen molar-refractivity contribution in [3.63, 3.8) is 0 Å². The first-order chi connectivity index (χ1) is 13.7. The summed E-state index contributed by atoms with van der Waals surface area (Å²) in [5.41, 5.74) is 0.0970. The number of nitrogens with zero attached hydrogens (tertiary/aromatic N) is 4. The van der Waals surface area contributed by atoms with Crippen LogP contribution in [0.2, 0.25) is 0 Å². The molecule has 0 saturated heterocycles. The van der Waals surface area contributed by atoms with Crippen molar-refractivity contribution in [3.8, 4) is 11.9 Å². The Balaban J connectivity index is 2.63. The SMILES string of the molecule is [C-]#[N+]c1c(C)c(C=C/C=C2\C(=O)N(CC)C(=O)C(C#N)=C2C)c(=O)n(CC)c1[O-]. The van der Waals surface area contributed by atoms with Gasteiger partial charge in [-0.1, -0.05) is 12.2 Å². The van der Waals surface area contributed by atoms with Crippen molar-refractivity contribution < 1.29 is 14.7 Å². The molecule has 1 aliphatic rings. The molecule has 1 aliphatic heterocycles. The third-order valence-corrected chi connectivity index (χ3v) is 4.78. The monoisotopic (exact) mass is 391 g/mol. The molecule has 148 valence electrons. The van der Waals surface area contributed by atoms with Crippen molar-refractivity contribution >= 4 is 23.6 Å². The fourth-order valence-electron chi connectivity index (χ4n) is 3.11. The van der Waals surface area contributed by atoms with Crippen molar-refractivity contribution in [3.05, 3.63) is 61.8 Å². The van der Waals surface area contributed by atoms with Crippen LogP contribution in [0, 0.1) is 24.8 Å². The Kier molecular flexibility index (Phi) is 6.20. The third kappa shape index (κ3) is 3.48. The standard InChI is InChI=1S/C21H20N4O4/c1-6-24-18(26)14(12(3)16(11-22)20(24)28)9-8-10-15-13(4)17(23-5)21(29)25(7-2)19(15)27/h8-10,29H,6-7H2,1-4H3/p-1/b10-8?,14-9-. The normalized spacial score (nSPS) is 15.9. The number of carbonyl (C=O) groups excluding carboxylic acids is 2. The number of nitriles is 1. The summed E-state index contributed by atoms with van der Waals surface area (Å²) < 4.78 is 0.982. The number of hydrogen-bond acceptors (Lipinski definition) is 5. The minimum absolute atomic E-state index is 0.110. The summed E-state index contributed by atoms with van der Waals surface area (Å²) in [5.74, 6) is -1.79. The van der Waals surface area contributed by atoms with Gasteiger partial charge in [-0.25, -0.2) is 4.85 Å². The summed E-state index contributed by atoms with van der Waals surface area (Å²) in [7, 11) is 0. The predicted molar refractivity (Wildman–Crippen MR) is 105 cm³/mol. The Morgan fingerprint density at radius 1 is 1.17 bits per heavy atom. The zero-order valence-corrected chi connectivity index (χ0v) is 16.6. The van der Waals surface area contributed by atoms with Crippen LogP contribution in [-0.2, 0) is 16.1 Å². The van der Waals surface area contributed by atoms with Crippen molar-refractivity contribution in [2.24, 2.45) is 0 Å². The van der Waals surface area contributed by atoms with E-state index in [2.05, 4.69) is 4.85 Å². The van der Waals surface area contributed by atoms with Crippen LogP contribution in [-0.4, -0.2) is 27.8 Å². The number of allylic oxidation sites excluding steroid dienone is 2. The van der Waals surface area contributed by atoms with Crippen molar-refractivity contribution in [2.75, 3.05) is 6.54 Å². The second kappa shape index (κ2) is 8.41. The molecule has 2 rings (SSSR count). The predicted octanol–water partition coefficient (Wildman–Crippen LogP) is 1.97. The van der Waals surface area contributed by atoms with Crippen LogP contribution in [0.1, 0.15) is 31.9 Å². The molecule has 2 amide bonds. The van der Waals surface area contributed by atoms with E-state index in [1.807, 2.05) is 6.07 Å². The van der Waals surface area contributed by atoms with Crippen LogP contribution in [0.4, 0.5) is 5.69 Å². The number of carbonyl (C=O) groups is 2. The van der Waals surface area contributed by atoms with Crippen molar-refractivity contribution in [1.29, 1.82) is 5.26 Å². The van der Waals surface area contributed by atoms with Gasteiger partial charge in [-0.2, -0.15) is 5.26 Å². The van der Waals surface area contributed by atoms with E-state index < -0.39 is 23.3 Å². The minimum Gasteiger partial charge on any atom is -0.869 e. The third-order valence-electron chi connectivity index (χ3n) is 4.78. The smallest absolute Gasteiger partial charge is 0.271 e. The molecule has 2 heterocycles. The molecule has 0 unspecified atom stereocenters. The van der Waals surface area contributed by atoms with Gasteiger partial charge >= 0.3 is 0 Å². The molecule has 0 atom stereocenters. The fraction of sp³-hybridized carbons (Fsp3) is 0.286. The second-order valence-corrected chi connectivity index (χ2v) is 6.26. The van der Waals surface area contributed by atoms with Gasteiger partial charge in [0.15, 0.2) is 5.69 Å². The first kappa shape index (κ1) is 21.4. The van der Waals surface area contributed by atoms with E-state index in [1.165, 1.54) is 32.1 Å². The Labute approximate surface area is 168 Å². The van der Waals surface area contributed by atoms with E-state index in [9.17, 15) is 24.8 Å². The molecule has 1 aromatic heterocycles. The first-order valence-electron chi connectivity index (χ1n) is 8.92. The summed E-state index contributed by atoms with van der Waals surface area (Å²) in [4.78, 5) is 41.6. The summed E-state index contributed by atoms with van der Waals surface area (Å²) in [5, 5.41) is 21.4. The van der Waals surface area contributed by atoms with Gasteiger partial charge in [0.05, 0.1) is 6.57 Å². The van der Waals surface area contributed by atoms with Gasteiger partial charge in [0.1, 0.15) is 11.6 Å². The molecule has 0 N–H and O–H groups in total. The molecule has 0 fully saturated rings. The van der Waals surface area contributed by atoms with E-state index in [-0.39, 0.29) is 46.6 Å². The quantitative estimate of drug-likeness (QED) is 0.443. The van der Waals surface area contributed by atoms with Gasteiger partial charge in [0.2, 0.25) is 0 Å². The molecule has 29 heavy (non-hydrogen) atoms. The molecule has 0 saturated carbocycles. The van der Waals surface area contributed by atoms with Crippen LogP contribution in [0.3, 0.4) is 0 Å². The molecular weight excluding hydrogens is 372 g/mol. The lowest BCUT2D eigenvalue weighted by molar-refractivity contribution is -0.278. The van der Waals surface area contributed by atoms with E-state index in [4.69, 9.17) is 6.57 Å². The van der Waals surface area contributed by atoms with Gasteiger partial charge in [0, 0.05) is 24.2 Å². The van der Waals surface area contributed by atoms with Crippen LogP contribution in [0.15, 0.2) is 33.7 Å². The summed E-state index contributed by atoms with van der Waals surface area (Å²) >= 11 is 0. The highest BCUT2D eigenvalue weighted by atomic mass is 16.3. The van der Waals surface area contributed by atoms with Crippen LogP contribution in [0.5, 0.6) is 5.88 Å². The maximum absolute atomic E-state index is 12.6. The molecule has 0 radical (unpaired) electrons. The fourth-order valence-corrected chi connectivity index (χ4v) is 3.11. The van der Waals surface area contributed by atoms with Crippen molar-refractivity contribution in [2.45, 2.75) is 34.2 Å². The Bertz CT molecular complexity index is 1140. The van der Waals surface area contributed by atoms with Gasteiger partial charge in [-0.05, 0) is 50.8 Å². The van der Waals surface area contributed by atoms with Crippen LogP contribution >= 0.6 is 0 Å². The highest BCUT2D eigenvalue weighted by Crippen LogP contribution is 2.29. The van der Waals surface area contributed by atoms with Crippen molar-refractivity contribution in [1.82, 2.24) is 9.47 Å². The zero-order chi connectivity index (χ0) is 21.9. The molecule has 8 heteroatoms. The summed E-state index contributed by atoms with van der Waals surface area (Å²) in [6, 6.07) is 1.83. The highest BCUT2D eigenvalue weighted by Gasteiger charge is 2.33. The number of aromatic nitrogens is 1. The van der Waals surface area contributed by atoms with Gasteiger partial charge in [-0.3, -0.25) is 19.3 Å². The lowest BCUT2D eigenvalue weighted by atomic mass is 9.95. The number of pyridine rings is 1. The first-order valence-corrected chi connectivity index (χ1v) is 8.92. The lowest BCUT2D eigenvalue weighted by Crippen LogP contribution is -2.42. The topological polar surface area (TPSA) is 111 Å². The molecule has 0 bridgehead atoms. The molecular formula is C21H19N4O4-. The average Bonchev–Trinajstić information content (AvgIpc) is 2.68. The molecule has 0 aliphatic carbocycles. The van der Waals surface area contributed by atoms with Gasteiger partial charge in [-0.15, -0.1) is 0 Å². The molecule has 0 spiro atoms. The van der Waals surface area contributed by atoms with Crippen LogP contribution in [0.25, 0.3) is 10.9 Å². The van der Waals surface area contributed by atoms with Crippen LogP contribution < -0.4 is 10.7 Å². The molecule has 0 aromatic carbocycles. The van der Waals surface area contributed by atoms with E-state index >= 15 is 0 Å². The van der Waals surface area contributed by atoms with Gasteiger partial charge in [0.25, 0.3) is 17.4 Å². The molecule has 8 nitrogen and oxygen atoms in total. The average molecular weight is 391 g/mol. The number of likely N-dealkylation sites (N-methyl/N-ethyl adjacent to an activating group) is 1. The highest BCUT2D eigenvalue weighted by molar-refractivity contribution is 6.18. The van der Waals surface area contributed by atoms with E-state index in [1.54, 1.807) is 13.8 Å². The summed E-state index contributed by atoms with van der Waals surface area (Å²) in [6.07, 6.45) is 4.28. The Morgan fingerprint density at radius 3 is 2.34 bits per heavy atom. The summed E-state index contributed by atoms with van der Waals surface area (Å²) in [6.45, 7) is 13.8. The van der Waals surface area contributed by atoms with Gasteiger partial charge < -0.3 is 9.67 Å². The zero-order valence-electron chi connectivity index (χ0n) is 16.6. The maximum Gasteiger partial charge on any atom is 0.271 e. The van der Waals surface area contributed by atoms with E-state index in [0.29, 0.717) is 0 Å². The number of hydrogen-bond donors (Lipinski definition) is 0. The minimum atomic E-state index is -0.631. The lowest BCUT2D eigenvalue weighted by Gasteiger charge is -2.25. The Hall–Kier alpha value is -3.91. The molecule has 1 aromatic rings. The number of rotatable bonds is 4. The maximum atomic E-state index is 12.6. The Morgan fingerprint density at radius 2 is 1.83 bits per heavy atom. The number of amides is 2.